The first-order chi connectivity index (χ1) is 20.2. The standard InChI is InChI=1S/C31H29FN4O6/c1-6-40-24-15-25-21(26(29(38)33-4)27(42-25)17-7-10-19(32)11-8-17)14-20(24)18-9-12-23(39-5)22(13-18)28(37)35-31(2,3)30-34-16-41-36-30/h7-16H,6H2,1-5H3,(H,33,38)(H,35,37). The normalized spacial score (nSPS) is 11.4. The van der Waals surface area contributed by atoms with Crippen LogP contribution in [0, 0.1) is 5.82 Å². The number of aromatic nitrogens is 2. The molecular formula is C31H29FN4O6. The van der Waals surface area contributed by atoms with Crippen LogP contribution in [0.3, 0.4) is 0 Å². The summed E-state index contributed by atoms with van der Waals surface area (Å²) in [4.78, 5) is 30.7. The van der Waals surface area contributed by atoms with E-state index >= 15 is 0 Å². The lowest BCUT2D eigenvalue weighted by Gasteiger charge is -2.23. The number of hydrogen-bond donors (Lipinski definition) is 2. The molecule has 11 heteroatoms. The van der Waals surface area contributed by atoms with Crippen LogP contribution in [0.1, 0.15) is 47.3 Å². The maximum absolute atomic E-state index is 13.6. The number of hydrogen-bond acceptors (Lipinski definition) is 8. The Hall–Kier alpha value is -5.19. The van der Waals surface area contributed by atoms with Crippen LogP contribution in [0.25, 0.3) is 33.4 Å². The van der Waals surface area contributed by atoms with Crippen molar-refractivity contribution in [2.75, 3.05) is 20.8 Å². The summed E-state index contributed by atoms with van der Waals surface area (Å²) in [5, 5.41) is 9.96. The molecule has 216 valence electrons. The molecule has 0 atom stereocenters. The topological polar surface area (TPSA) is 129 Å². The van der Waals surface area contributed by atoms with Gasteiger partial charge in [-0.05, 0) is 68.8 Å². The van der Waals surface area contributed by atoms with Gasteiger partial charge in [-0.15, -0.1) is 0 Å². The minimum atomic E-state index is -0.934. The number of benzene rings is 3. The molecule has 2 heterocycles. The predicted octanol–water partition coefficient (Wildman–Crippen LogP) is 5.72. The average Bonchev–Trinajstić information content (AvgIpc) is 3.66. The molecule has 10 nitrogen and oxygen atoms in total. The van der Waals surface area contributed by atoms with Gasteiger partial charge in [0.05, 0.1) is 30.4 Å². The number of methoxy groups -OCH3 is 1. The highest BCUT2D eigenvalue weighted by Crippen LogP contribution is 2.41. The molecule has 0 unspecified atom stereocenters. The van der Waals surface area contributed by atoms with E-state index in [0.717, 1.165) is 0 Å². The Kier molecular flexibility index (Phi) is 7.66. The van der Waals surface area contributed by atoms with Gasteiger partial charge in [-0.3, -0.25) is 9.59 Å². The first kappa shape index (κ1) is 28.3. The summed E-state index contributed by atoms with van der Waals surface area (Å²) < 4.78 is 36.1. The van der Waals surface area contributed by atoms with Crippen LogP contribution in [0.5, 0.6) is 11.5 Å². The van der Waals surface area contributed by atoms with Crippen LogP contribution in [0.15, 0.2) is 69.9 Å². The van der Waals surface area contributed by atoms with Gasteiger partial charge in [0.1, 0.15) is 28.7 Å². The van der Waals surface area contributed by atoms with E-state index < -0.39 is 17.3 Å². The predicted molar refractivity (Wildman–Crippen MR) is 153 cm³/mol. The second kappa shape index (κ2) is 11.4. The Balaban J connectivity index is 1.66. The number of fused-ring (bicyclic) bond motifs is 1. The van der Waals surface area contributed by atoms with E-state index in [4.69, 9.17) is 18.4 Å². The largest absolute Gasteiger partial charge is 0.496 e. The van der Waals surface area contributed by atoms with Crippen LogP contribution >= 0.6 is 0 Å². The fourth-order valence-electron chi connectivity index (χ4n) is 4.69. The molecule has 2 amide bonds. The lowest BCUT2D eigenvalue weighted by atomic mass is 9.97. The van der Waals surface area contributed by atoms with E-state index in [1.165, 1.54) is 32.7 Å². The Labute approximate surface area is 240 Å². The van der Waals surface area contributed by atoms with Gasteiger partial charge in [0.15, 0.2) is 5.82 Å². The Morgan fingerprint density at radius 3 is 2.38 bits per heavy atom. The van der Waals surface area contributed by atoms with E-state index in [0.29, 0.717) is 57.4 Å². The van der Waals surface area contributed by atoms with Crippen molar-refractivity contribution in [2.24, 2.45) is 0 Å². The van der Waals surface area contributed by atoms with E-state index in [2.05, 4.69) is 20.8 Å². The molecule has 0 fully saturated rings. The van der Waals surface area contributed by atoms with Gasteiger partial charge in [-0.1, -0.05) is 11.2 Å². The number of rotatable bonds is 9. The molecular weight excluding hydrogens is 543 g/mol. The third-order valence-corrected chi connectivity index (χ3v) is 6.75. The van der Waals surface area contributed by atoms with Crippen molar-refractivity contribution in [3.63, 3.8) is 0 Å². The van der Waals surface area contributed by atoms with Crippen molar-refractivity contribution in [1.29, 1.82) is 0 Å². The van der Waals surface area contributed by atoms with Crippen LogP contribution in [0.4, 0.5) is 4.39 Å². The monoisotopic (exact) mass is 572 g/mol. The van der Waals surface area contributed by atoms with Crippen molar-refractivity contribution in [3.8, 4) is 33.9 Å². The number of carbonyl (C=O) groups excluding carboxylic acids is 2. The van der Waals surface area contributed by atoms with Crippen molar-refractivity contribution >= 4 is 22.8 Å². The van der Waals surface area contributed by atoms with Gasteiger partial charge in [0.2, 0.25) is 6.39 Å². The highest BCUT2D eigenvalue weighted by molar-refractivity contribution is 6.12. The zero-order chi connectivity index (χ0) is 30.0. The highest BCUT2D eigenvalue weighted by Gasteiger charge is 2.30. The molecule has 0 spiro atoms. The quantitative estimate of drug-likeness (QED) is 0.229. The summed E-state index contributed by atoms with van der Waals surface area (Å²) in [7, 11) is 3.00. The van der Waals surface area contributed by atoms with E-state index in [1.54, 1.807) is 56.3 Å². The minimum Gasteiger partial charge on any atom is -0.496 e. The van der Waals surface area contributed by atoms with E-state index in [1.807, 2.05) is 6.92 Å². The van der Waals surface area contributed by atoms with Gasteiger partial charge >= 0.3 is 0 Å². The van der Waals surface area contributed by atoms with Crippen LogP contribution in [-0.4, -0.2) is 42.7 Å². The molecule has 0 bridgehead atoms. The van der Waals surface area contributed by atoms with Gasteiger partial charge in [0.25, 0.3) is 11.8 Å². The molecule has 0 aliphatic rings. The molecule has 0 radical (unpaired) electrons. The number of ether oxygens (including phenoxy) is 2. The van der Waals surface area contributed by atoms with Crippen LogP contribution in [-0.2, 0) is 5.54 Å². The second-order valence-corrected chi connectivity index (χ2v) is 9.92. The molecule has 0 saturated carbocycles. The molecule has 5 rings (SSSR count). The fraction of sp³-hybridized carbons (Fsp3) is 0.226. The number of carbonyl (C=O) groups is 2. The zero-order valence-corrected chi connectivity index (χ0v) is 23.7. The van der Waals surface area contributed by atoms with Crippen molar-refractivity contribution < 1.29 is 32.4 Å². The summed E-state index contributed by atoms with van der Waals surface area (Å²) in [6.07, 6.45) is 1.19. The molecule has 5 aromatic rings. The van der Waals surface area contributed by atoms with Crippen molar-refractivity contribution in [3.05, 3.63) is 83.8 Å². The van der Waals surface area contributed by atoms with E-state index in [-0.39, 0.29) is 17.0 Å². The number of nitrogens with zero attached hydrogens (tertiary/aromatic N) is 2. The third-order valence-electron chi connectivity index (χ3n) is 6.75. The Bertz CT molecular complexity index is 1760. The first-order valence-corrected chi connectivity index (χ1v) is 13.2. The highest BCUT2D eigenvalue weighted by atomic mass is 19.1. The summed E-state index contributed by atoms with van der Waals surface area (Å²) in [5.74, 6) is 0.245. The van der Waals surface area contributed by atoms with Crippen LogP contribution in [0.2, 0.25) is 0 Å². The van der Waals surface area contributed by atoms with Gasteiger partial charge in [0, 0.05) is 29.6 Å². The molecule has 3 aromatic carbocycles. The maximum atomic E-state index is 13.6. The number of furan rings is 1. The second-order valence-electron chi connectivity index (χ2n) is 9.92. The lowest BCUT2D eigenvalue weighted by molar-refractivity contribution is 0.0903. The first-order valence-electron chi connectivity index (χ1n) is 13.2. The van der Waals surface area contributed by atoms with Gasteiger partial charge in [-0.2, -0.15) is 4.98 Å². The van der Waals surface area contributed by atoms with Gasteiger partial charge < -0.3 is 29.0 Å². The maximum Gasteiger partial charge on any atom is 0.255 e. The lowest BCUT2D eigenvalue weighted by Crippen LogP contribution is -2.42. The van der Waals surface area contributed by atoms with Crippen molar-refractivity contribution in [1.82, 2.24) is 20.8 Å². The summed E-state index contributed by atoms with van der Waals surface area (Å²) >= 11 is 0. The van der Waals surface area contributed by atoms with Gasteiger partial charge in [-0.25, -0.2) is 4.39 Å². The Morgan fingerprint density at radius 2 is 1.74 bits per heavy atom. The molecule has 0 saturated heterocycles. The number of halogens is 1. The Morgan fingerprint density at radius 1 is 1.00 bits per heavy atom. The molecule has 42 heavy (non-hydrogen) atoms. The fourth-order valence-corrected chi connectivity index (χ4v) is 4.69. The van der Waals surface area contributed by atoms with E-state index in [9.17, 15) is 14.0 Å². The molecule has 0 aliphatic carbocycles. The number of amides is 2. The number of nitrogens with one attached hydrogen (secondary N) is 2. The summed E-state index contributed by atoms with van der Waals surface area (Å²) in [5.41, 5.74) is 1.82. The summed E-state index contributed by atoms with van der Waals surface area (Å²) in [6, 6.07) is 14.4. The van der Waals surface area contributed by atoms with Crippen LogP contribution < -0.4 is 20.1 Å². The smallest absolute Gasteiger partial charge is 0.255 e. The SMILES string of the molecule is CCOc1cc2oc(-c3ccc(F)cc3)c(C(=O)NC)c2cc1-c1ccc(OC)c(C(=O)NC(C)(C)c2ncon2)c1. The molecule has 2 N–H and O–H groups in total. The average molecular weight is 573 g/mol. The molecule has 2 aromatic heterocycles. The third kappa shape index (κ3) is 5.28. The van der Waals surface area contributed by atoms with Crippen molar-refractivity contribution in [2.45, 2.75) is 26.3 Å². The molecule has 0 aliphatic heterocycles. The summed E-state index contributed by atoms with van der Waals surface area (Å²) in [6.45, 7) is 5.72. The zero-order valence-electron chi connectivity index (χ0n) is 23.7. The minimum absolute atomic E-state index is 0.264.